The second-order valence-corrected chi connectivity index (χ2v) is 13.3. The minimum atomic E-state index is -0.621. The van der Waals surface area contributed by atoms with E-state index in [2.05, 4.69) is 87.1 Å². The third-order valence-corrected chi connectivity index (χ3v) is 8.99. The van der Waals surface area contributed by atoms with Gasteiger partial charge < -0.3 is 20.0 Å². The van der Waals surface area contributed by atoms with E-state index in [4.69, 9.17) is 5.11 Å². The SMILES string of the molecule is CC(C)(CCC(C)(C)c1ccc(N2CCN(CCO)CC2)nn1)c1ccc(N2CCC(C(C)(C)O)CC2)nn1. The number of aliphatic hydroxyl groups is 2. The molecule has 4 heterocycles. The van der Waals surface area contributed by atoms with E-state index in [1.54, 1.807) is 0 Å². The Hall–Kier alpha value is -2.36. The van der Waals surface area contributed by atoms with Crippen LogP contribution < -0.4 is 9.80 Å². The van der Waals surface area contributed by atoms with E-state index in [1.165, 1.54) is 0 Å². The lowest BCUT2D eigenvalue weighted by molar-refractivity contribution is 0.00644. The lowest BCUT2D eigenvalue weighted by Gasteiger charge is -2.38. The molecule has 0 aliphatic carbocycles. The lowest BCUT2D eigenvalue weighted by atomic mass is 9.76. The van der Waals surface area contributed by atoms with Gasteiger partial charge in [0.25, 0.3) is 0 Å². The Kier molecular flexibility index (Phi) is 9.13. The topological polar surface area (TPSA) is 102 Å². The second-order valence-electron chi connectivity index (χ2n) is 13.3. The monoisotopic (exact) mass is 539 g/mol. The summed E-state index contributed by atoms with van der Waals surface area (Å²) in [5.74, 6) is 2.18. The van der Waals surface area contributed by atoms with Crippen LogP contribution in [-0.2, 0) is 10.8 Å². The van der Waals surface area contributed by atoms with Crippen molar-refractivity contribution in [3.05, 3.63) is 35.7 Å². The van der Waals surface area contributed by atoms with Crippen LogP contribution in [0.1, 0.15) is 78.6 Å². The quantitative estimate of drug-likeness (QED) is 0.470. The van der Waals surface area contributed by atoms with Gasteiger partial charge >= 0.3 is 0 Å². The Morgan fingerprint density at radius 2 is 1.15 bits per heavy atom. The van der Waals surface area contributed by atoms with Crippen molar-refractivity contribution in [2.24, 2.45) is 5.92 Å². The van der Waals surface area contributed by atoms with Gasteiger partial charge in [-0.25, -0.2) is 0 Å². The summed E-state index contributed by atoms with van der Waals surface area (Å²) in [6.07, 6.45) is 3.86. The number of anilines is 2. The van der Waals surface area contributed by atoms with Crippen molar-refractivity contribution in [1.29, 1.82) is 0 Å². The molecule has 9 heteroatoms. The molecule has 2 aliphatic rings. The Morgan fingerprint density at radius 1 is 0.692 bits per heavy atom. The summed E-state index contributed by atoms with van der Waals surface area (Å²) in [7, 11) is 0. The van der Waals surface area contributed by atoms with Crippen LogP contribution in [-0.4, -0.2) is 93.5 Å². The maximum absolute atomic E-state index is 10.3. The van der Waals surface area contributed by atoms with E-state index in [0.29, 0.717) is 5.92 Å². The summed E-state index contributed by atoms with van der Waals surface area (Å²) in [5.41, 5.74) is 1.18. The molecule has 0 unspecified atom stereocenters. The molecule has 0 atom stereocenters. The molecular formula is C30H49N7O2. The zero-order valence-electron chi connectivity index (χ0n) is 24.9. The fourth-order valence-corrected chi connectivity index (χ4v) is 5.75. The van der Waals surface area contributed by atoms with Gasteiger partial charge in [0.1, 0.15) is 0 Å². The Labute approximate surface area is 234 Å². The Morgan fingerprint density at radius 3 is 1.54 bits per heavy atom. The maximum atomic E-state index is 10.3. The summed E-state index contributed by atoms with van der Waals surface area (Å²) in [4.78, 5) is 6.84. The summed E-state index contributed by atoms with van der Waals surface area (Å²) >= 11 is 0. The first-order chi connectivity index (χ1) is 18.4. The third kappa shape index (κ3) is 7.44. The smallest absolute Gasteiger partial charge is 0.151 e. The minimum absolute atomic E-state index is 0.110. The number of β-amino-alcohol motifs (C(OH)–C–C–N with tert-alkyl or cyclic N) is 1. The molecule has 2 fully saturated rings. The first kappa shape index (κ1) is 29.6. The lowest BCUT2D eigenvalue weighted by Crippen LogP contribution is -2.47. The van der Waals surface area contributed by atoms with Crippen LogP contribution in [0.3, 0.4) is 0 Å². The van der Waals surface area contributed by atoms with Crippen molar-refractivity contribution in [1.82, 2.24) is 25.3 Å². The number of piperazine rings is 1. The highest BCUT2D eigenvalue weighted by molar-refractivity contribution is 5.40. The fraction of sp³-hybridized carbons (Fsp3) is 0.733. The van der Waals surface area contributed by atoms with Gasteiger partial charge in [-0.1, -0.05) is 27.7 Å². The summed E-state index contributed by atoms with van der Waals surface area (Å²) in [6, 6.07) is 8.47. The highest BCUT2D eigenvalue weighted by Gasteiger charge is 2.32. The molecule has 2 aromatic heterocycles. The van der Waals surface area contributed by atoms with Crippen molar-refractivity contribution in [3.8, 4) is 0 Å². The number of piperidine rings is 1. The van der Waals surface area contributed by atoms with E-state index < -0.39 is 5.60 Å². The van der Waals surface area contributed by atoms with Gasteiger partial charge in [0, 0.05) is 56.6 Å². The molecule has 2 saturated heterocycles. The van der Waals surface area contributed by atoms with Crippen molar-refractivity contribution >= 4 is 11.6 Å². The van der Waals surface area contributed by atoms with Crippen LogP contribution in [0, 0.1) is 5.92 Å². The zero-order chi connectivity index (χ0) is 28.3. The number of hydrogen-bond donors (Lipinski definition) is 2. The normalized spacial score (nSPS) is 18.6. The van der Waals surface area contributed by atoms with Crippen molar-refractivity contribution in [2.75, 3.05) is 62.2 Å². The largest absolute Gasteiger partial charge is 0.395 e. The first-order valence-electron chi connectivity index (χ1n) is 14.6. The van der Waals surface area contributed by atoms with Gasteiger partial charge in [-0.15, -0.1) is 10.2 Å². The molecule has 216 valence electrons. The molecule has 9 nitrogen and oxygen atoms in total. The zero-order valence-corrected chi connectivity index (χ0v) is 24.9. The van der Waals surface area contributed by atoms with Crippen molar-refractivity contribution < 1.29 is 10.2 Å². The molecule has 2 N–H and O–H groups in total. The number of rotatable bonds is 10. The van der Waals surface area contributed by atoms with Crippen LogP contribution in [0.2, 0.25) is 0 Å². The highest BCUT2D eigenvalue weighted by atomic mass is 16.3. The van der Waals surface area contributed by atoms with E-state index in [-0.39, 0.29) is 17.4 Å². The van der Waals surface area contributed by atoms with Gasteiger partial charge in [-0.2, -0.15) is 10.2 Å². The molecule has 0 amide bonds. The van der Waals surface area contributed by atoms with E-state index in [1.807, 2.05) is 13.8 Å². The van der Waals surface area contributed by atoms with E-state index in [9.17, 15) is 5.11 Å². The number of aromatic nitrogens is 4. The molecule has 0 radical (unpaired) electrons. The van der Waals surface area contributed by atoms with E-state index in [0.717, 1.165) is 94.5 Å². The predicted molar refractivity (Wildman–Crippen MR) is 156 cm³/mol. The minimum Gasteiger partial charge on any atom is -0.395 e. The molecule has 0 spiro atoms. The summed E-state index contributed by atoms with van der Waals surface area (Å²) in [5, 5.41) is 38.0. The summed E-state index contributed by atoms with van der Waals surface area (Å²) < 4.78 is 0. The molecule has 2 aromatic rings. The standard InChI is InChI=1S/C30H49N7O2/c1-28(2,24-7-9-26(33-31-24)36-15-11-23(12-16-36)30(5,6)39)13-14-29(3,4)25-8-10-27(34-32-25)37-19-17-35(18-20-37)21-22-38/h7-10,23,38-39H,11-22H2,1-6H3. The Bertz CT molecular complexity index is 1030. The van der Waals surface area contributed by atoms with E-state index >= 15 is 0 Å². The average Bonchev–Trinajstić information content (AvgIpc) is 2.92. The van der Waals surface area contributed by atoms with Gasteiger partial charge in [-0.3, -0.25) is 4.90 Å². The van der Waals surface area contributed by atoms with Gasteiger partial charge in [0.05, 0.1) is 23.6 Å². The molecule has 0 bridgehead atoms. The third-order valence-electron chi connectivity index (χ3n) is 8.99. The van der Waals surface area contributed by atoms with Crippen molar-refractivity contribution in [3.63, 3.8) is 0 Å². The summed E-state index contributed by atoms with van der Waals surface area (Å²) in [6.45, 7) is 19.2. The Balaban J connectivity index is 1.31. The first-order valence-corrected chi connectivity index (χ1v) is 14.6. The van der Waals surface area contributed by atoms with Crippen LogP contribution in [0.5, 0.6) is 0 Å². The van der Waals surface area contributed by atoms with Crippen LogP contribution in [0.25, 0.3) is 0 Å². The average molecular weight is 540 g/mol. The number of hydrogen-bond acceptors (Lipinski definition) is 9. The van der Waals surface area contributed by atoms with Crippen molar-refractivity contribution in [2.45, 2.75) is 83.7 Å². The fourth-order valence-electron chi connectivity index (χ4n) is 5.75. The predicted octanol–water partition coefficient (Wildman–Crippen LogP) is 3.40. The number of aliphatic hydroxyl groups excluding tert-OH is 1. The van der Waals surface area contributed by atoms with Gasteiger partial charge in [0.15, 0.2) is 11.6 Å². The molecule has 0 aromatic carbocycles. The molecule has 0 saturated carbocycles. The van der Waals surface area contributed by atoms with Crippen LogP contribution in [0.15, 0.2) is 24.3 Å². The molecule has 4 rings (SSSR count). The maximum Gasteiger partial charge on any atom is 0.151 e. The van der Waals surface area contributed by atoms with Gasteiger partial charge in [0.2, 0.25) is 0 Å². The molecule has 39 heavy (non-hydrogen) atoms. The van der Waals surface area contributed by atoms with Crippen LogP contribution in [0.4, 0.5) is 11.6 Å². The molecular weight excluding hydrogens is 490 g/mol. The van der Waals surface area contributed by atoms with Crippen LogP contribution >= 0.6 is 0 Å². The second kappa shape index (κ2) is 12.0. The highest BCUT2D eigenvalue weighted by Crippen LogP contribution is 2.35. The molecule has 2 aliphatic heterocycles. The van der Waals surface area contributed by atoms with Gasteiger partial charge in [-0.05, 0) is 69.7 Å². The number of nitrogens with zero attached hydrogens (tertiary/aromatic N) is 7.